The van der Waals surface area contributed by atoms with Crippen LogP contribution in [0.3, 0.4) is 0 Å². The standard InChI is InChI=1S/C10H4N2S2/c11-5-9-10(6-12)14-8-4-2-1-3-7(8)13-9/h1-4H. The monoisotopic (exact) mass is 216 g/mol. The number of thioether (sulfide) groups is 2. The second kappa shape index (κ2) is 3.79. The van der Waals surface area contributed by atoms with E-state index in [2.05, 4.69) is 0 Å². The Bertz CT molecular complexity index is 447. The van der Waals surface area contributed by atoms with E-state index in [1.54, 1.807) is 0 Å². The number of hydrogen-bond acceptors (Lipinski definition) is 4. The van der Waals surface area contributed by atoms with Crippen molar-refractivity contribution in [3.8, 4) is 12.1 Å². The molecule has 0 radical (unpaired) electrons. The van der Waals surface area contributed by atoms with Gasteiger partial charge in [-0.2, -0.15) is 10.5 Å². The van der Waals surface area contributed by atoms with Crippen molar-refractivity contribution in [1.29, 1.82) is 10.5 Å². The molecule has 0 aliphatic carbocycles. The van der Waals surface area contributed by atoms with E-state index in [1.165, 1.54) is 23.5 Å². The minimum atomic E-state index is 0.496. The van der Waals surface area contributed by atoms with Gasteiger partial charge in [-0.1, -0.05) is 35.7 Å². The summed E-state index contributed by atoms with van der Waals surface area (Å²) in [6.45, 7) is 0. The Morgan fingerprint density at radius 2 is 1.29 bits per heavy atom. The van der Waals surface area contributed by atoms with Crippen molar-refractivity contribution in [2.75, 3.05) is 0 Å². The molecule has 4 heteroatoms. The summed E-state index contributed by atoms with van der Waals surface area (Å²) in [6, 6.07) is 11.9. The SMILES string of the molecule is N#CC1=C(C#N)Sc2ccccc2S1. The van der Waals surface area contributed by atoms with Gasteiger partial charge in [0.1, 0.15) is 21.9 Å². The maximum Gasteiger partial charge on any atom is 0.114 e. The van der Waals surface area contributed by atoms with E-state index in [0.717, 1.165) is 9.79 Å². The first-order valence-electron chi connectivity index (χ1n) is 3.84. The summed E-state index contributed by atoms with van der Waals surface area (Å²) in [6.07, 6.45) is 0. The predicted octanol–water partition coefficient (Wildman–Crippen LogP) is 3.14. The molecule has 66 valence electrons. The fraction of sp³-hybridized carbons (Fsp3) is 0. The maximum atomic E-state index is 8.82. The van der Waals surface area contributed by atoms with Gasteiger partial charge in [0.15, 0.2) is 0 Å². The van der Waals surface area contributed by atoms with Crippen molar-refractivity contribution in [3.05, 3.63) is 34.1 Å². The van der Waals surface area contributed by atoms with Crippen LogP contribution in [-0.4, -0.2) is 0 Å². The second-order valence-corrected chi connectivity index (χ2v) is 4.64. The highest BCUT2D eigenvalue weighted by Crippen LogP contribution is 2.45. The topological polar surface area (TPSA) is 47.6 Å². The van der Waals surface area contributed by atoms with Gasteiger partial charge in [-0.15, -0.1) is 0 Å². The Kier molecular flexibility index (Phi) is 2.49. The molecular formula is C10H4N2S2. The Balaban J connectivity index is 2.48. The average Bonchev–Trinajstić information content (AvgIpc) is 2.27. The van der Waals surface area contributed by atoms with Crippen molar-refractivity contribution in [3.63, 3.8) is 0 Å². The normalized spacial score (nSPS) is 14.1. The summed E-state index contributed by atoms with van der Waals surface area (Å²) in [5.74, 6) is 0. The molecule has 2 nitrogen and oxygen atoms in total. The predicted molar refractivity (Wildman–Crippen MR) is 56.4 cm³/mol. The van der Waals surface area contributed by atoms with Gasteiger partial charge in [0.05, 0.1) is 0 Å². The molecule has 0 saturated carbocycles. The van der Waals surface area contributed by atoms with Crippen molar-refractivity contribution < 1.29 is 0 Å². The summed E-state index contributed by atoms with van der Waals surface area (Å²) in [7, 11) is 0. The molecule has 0 fully saturated rings. The highest BCUT2D eigenvalue weighted by atomic mass is 32.2. The zero-order valence-electron chi connectivity index (χ0n) is 7.02. The second-order valence-electron chi connectivity index (χ2n) is 2.53. The maximum absolute atomic E-state index is 8.82. The van der Waals surface area contributed by atoms with E-state index in [-0.39, 0.29) is 0 Å². The molecule has 0 amide bonds. The largest absolute Gasteiger partial charge is 0.192 e. The smallest absolute Gasteiger partial charge is 0.114 e. The first kappa shape index (κ1) is 9.21. The molecule has 0 spiro atoms. The summed E-state index contributed by atoms with van der Waals surface area (Å²) in [5, 5.41) is 17.6. The van der Waals surface area contributed by atoms with Gasteiger partial charge in [-0.05, 0) is 12.1 Å². The Hall–Kier alpha value is -1.36. The lowest BCUT2D eigenvalue weighted by Gasteiger charge is -2.13. The first-order valence-corrected chi connectivity index (χ1v) is 5.47. The quantitative estimate of drug-likeness (QED) is 0.668. The molecule has 0 atom stereocenters. The molecule has 1 aliphatic heterocycles. The van der Waals surface area contributed by atoms with Gasteiger partial charge >= 0.3 is 0 Å². The third-order valence-electron chi connectivity index (χ3n) is 1.68. The summed E-state index contributed by atoms with van der Waals surface area (Å²) in [4.78, 5) is 3.09. The molecule has 14 heavy (non-hydrogen) atoms. The fourth-order valence-electron chi connectivity index (χ4n) is 1.08. The molecule has 0 unspecified atom stereocenters. The minimum absolute atomic E-state index is 0.496. The van der Waals surface area contributed by atoms with Gasteiger partial charge in [0, 0.05) is 9.79 Å². The molecule has 1 aliphatic rings. The van der Waals surface area contributed by atoms with E-state index < -0.39 is 0 Å². The zero-order valence-corrected chi connectivity index (χ0v) is 8.65. The number of allylic oxidation sites excluding steroid dienone is 2. The van der Waals surface area contributed by atoms with E-state index in [9.17, 15) is 0 Å². The average molecular weight is 216 g/mol. The summed E-state index contributed by atoms with van der Waals surface area (Å²) < 4.78 is 0. The Labute approximate surface area is 90.2 Å². The molecular weight excluding hydrogens is 212 g/mol. The van der Waals surface area contributed by atoms with Crippen molar-refractivity contribution in [1.82, 2.24) is 0 Å². The van der Waals surface area contributed by atoms with Crippen LogP contribution < -0.4 is 0 Å². The van der Waals surface area contributed by atoms with Gasteiger partial charge in [-0.25, -0.2) is 0 Å². The van der Waals surface area contributed by atoms with E-state index in [4.69, 9.17) is 10.5 Å². The molecule has 1 heterocycles. The third kappa shape index (κ3) is 1.50. The molecule has 0 bridgehead atoms. The van der Waals surface area contributed by atoms with Crippen LogP contribution in [0, 0.1) is 22.7 Å². The number of fused-ring (bicyclic) bond motifs is 1. The number of nitrogens with zero attached hydrogens (tertiary/aromatic N) is 2. The molecule has 1 aromatic carbocycles. The van der Waals surface area contributed by atoms with Crippen LogP contribution >= 0.6 is 23.5 Å². The van der Waals surface area contributed by atoms with Gasteiger partial charge in [-0.3, -0.25) is 0 Å². The number of hydrogen-bond donors (Lipinski definition) is 0. The van der Waals surface area contributed by atoms with Crippen LogP contribution in [0.25, 0.3) is 0 Å². The van der Waals surface area contributed by atoms with Gasteiger partial charge < -0.3 is 0 Å². The summed E-state index contributed by atoms with van der Waals surface area (Å²) >= 11 is 2.73. The highest BCUT2D eigenvalue weighted by Gasteiger charge is 2.18. The Morgan fingerprint density at radius 1 is 0.857 bits per heavy atom. The molecule has 0 N–H and O–H groups in total. The van der Waals surface area contributed by atoms with Crippen LogP contribution in [0.15, 0.2) is 43.9 Å². The zero-order chi connectivity index (χ0) is 9.97. The van der Waals surface area contributed by atoms with Crippen LogP contribution in [0.2, 0.25) is 0 Å². The number of benzene rings is 1. The van der Waals surface area contributed by atoms with Crippen molar-refractivity contribution in [2.45, 2.75) is 9.79 Å². The third-order valence-corrected chi connectivity index (χ3v) is 4.09. The van der Waals surface area contributed by atoms with Gasteiger partial charge in [0.25, 0.3) is 0 Å². The minimum Gasteiger partial charge on any atom is -0.192 e. The fourth-order valence-corrected chi connectivity index (χ4v) is 3.02. The summed E-state index contributed by atoms with van der Waals surface area (Å²) in [5.41, 5.74) is 0. The van der Waals surface area contributed by atoms with Gasteiger partial charge in [0.2, 0.25) is 0 Å². The molecule has 1 aromatic rings. The number of rotatable bonds is 0. The lowest BCUT2D eigenvalue weighted by atomic mass is 10.4. The Morgan fingerprint density at radius 3 is 1.64 bits per heavy atom. The van der Waals surface area contributed by atoms with Crippen LogP contribution in [-0.2, 0) is 0 Å². The lowest BCUT2D eigenvalue weighted by Crippen LogP contribution is -1.89. The first-order chi connectivity index (χ1) is 6.85. The van der Waals surface area contributed by atoms with Crippen molar-refractivity contribution in [2.24, 2.45) is 0 Å². The highest BCUT2D eigenvalue weighted by molar-refractivity contribution is 8.09. The van der Waals surface area contributed by atoms with Crippen molar-refractivity contribution >= 4 is 23.5 Å². The van der Waals surface area contributed by atoms with E-state index >= 15 is 0 Å². The van der Waals surface area contributed by atoms with Crippen LogP contribution in [0.1, 0.15) is 0 Å². The van der Waals surface area contributed by atoms with Crippen LogP contribution in [0.5, 0.6) is 0 Å². The van der Waals surface area contributed by atoms with E-state index in [0.29, 0.717) is 9.81 Å². The molecule has 0 saturated heterocycles. The molecule has 0 aromatic heterocycles. The van der Waals surface area contributed by atoms with Crippen LogP contribution in [0.4, 0.5) is 0 Å². The molecule has 2 rings (SSSR count). The lowest BCUT2D eigenvalue weighted by molar-refractivity contribution is 1.25. The number of nitriles is 2. The van der Waals surface area contributed by atoms with E-state index in [1.807, 2.05) is 36.4 Å².